The third kappa shape index (κ3) is 5.47. The molecule has 0 aliphatic carbocycles. The molecule has 170 valence electrons. The number of hydrogen-bond acceptors (Lipinski definition) is 7. The number of rotatable bonds is 9. The molecular formula is C21H22F3N5O3. The van der Waals surface area contributed by atoms with Crippen LogP contribution in [0.2, 0.25) is 0 Å². The van der Waals surface area contributed by atoms with E-state index in [0.29, 0.717) is 24.4 Å². The van der Waals surface area contributed by atoms with Gasteiger partial charge in [0.1, 0.15) is 0 Å². The average molecular weight is 449 g/mol. The van der Waals surface area contributed by atoms with Crippen LogP contribution in [0.5, 0.6) is 0 Å². The molecule has 0 aromatic carbocycles. The number of unbranched alkanes of at least 4 members (excludes halogenated alkanes) is 1. The molecule has 11 heteroatoms. The Kier molecular flexibility index (Phi) is 7.52. The van der Waals surface area contributed by atoms with Gasteiger partial charge in [0.25, 0.3) is 0 Å². The van der Waals surface area contributed by atoms with Crippen molar-refractivity contribution in [2.45, 2.75) is 32.4 Å². The normalized spacial score (nSPS) is 11.5. The lowest BCUT2D eigenvalue weighted by atomic mass is 10.1. The molecule has 0 fully saturated rings. The number of halogens is 3. The molecule has 3 heterocycles. The van der Waals surface area contributed by atoms with Crippen molar-refractivity contribution >= 4 is 11.6 Å². The van der Waals surface area contributed by atoms with Gasteiger partial charge in [0, 0.05) is 19.9 Å². The summed E-state index contributed by atoms with van der Waals surface area (Å²) in [4.78, 5) is 26.5. The summed E-state index contributed by atoms with van der Waals surface area (Å²) >= 11 is 0. The molecule has 0 aliphatic rings. The van der Waals surface area contributed by atoms with Gasteiger partial charge >= 0.3 is 12.1 Å². The maximum absolute atomic E-state index is 13.1. The van der Waals surface area contributed by atoms with Crippen molar-refractivity contribution in [2.24, 2.45) is 0 Å². The third-order valence-electron chi connectivity index (χ3n) is 4.57. The maximum atomic E-state index is 13.1. The Morgan fingerprint density at radius 3 is 2.66 bits per heavy atom. The van der Waals surface area contributed by atoms with Gasteiger partial charge < -0.3 is 14.2 Å². The topological polar surface area (TPSA) is 94.2 Å². The molecule has 0 aliphatic heterocycles. The van der Waals surface area contributed by atoms with Gasteiger partial charge in [-0.15, -0.1) is 0 Å². The highest BCUT2D eigenvalue weighted by Crippen LogP contribution is 2.35. The van der Waals surface area contributed by atoms with Gasteiger partial charge in [0.2, 0.25) is 11.7 Å². The van der Waals surface area contributed by atoms with E-state index < -0.39 is 12.1 Å². The molecule has 0 saturated carbocycles. The summed E-state index contributed by atoms with van der Waals surface area (Å²) in [6.07, 6.45) is -0.213. The van der Waals surface area contributed by atoms with Gasteiger partial charge in [-0.1, -0.05) is 24.6 Å². The molecule has 1 amide bonds. The van der Waals surface area contributed by atoms with Crippen LogP contribution in [0.3, 0.4) is 0 Å². The third-order valence-corrected chi connectivity index (χ3v) is 4.57. The second-order valence-electron chi connectivity index (χ2n) is 6.86. The van der Waals surface area contributed by atoms with Gasteiger partial charge in [-0.25, -0.2) is 0 Å². The first-order chi connectivity index (χ1) is 15.3. The van der Waals surface area contributed by atoms with E-state index in [0.717, 1.165) is 6.42 Å². The quantitative estimate of drug-likeness (QED) is 0.478. The van der Waals surface area contributed by atoms with Crippen LogP contribution < -0.4 is 4.90 Å². The van der Waals surface area contributed by atoms with Crippen LogP contribution in [0.4, 0.5) is 18.9 Å². The second-order valence-corrected chi connectivity index (χ2v) is 6.86. The highest BCUT2D eigenvalue weighted by molar-refractivity contribution is 5.97. The predicted octanol–water partition coefficient (Wildman–Crippen LogP) is 4.38. The maximum Gasteiger partial charge on any atom is 0.471 e. The van der Waals surface area contributed by atoms with Gasteiger partial charge in [0.05, 0.1) is 41.9 Å². The standard InChI is InChI=1S/C21H22F3N5O3/c1-3-4-10-29(18(30)8-11-31-2)17-13-26-16(15-7-5-6-9-25-15)12-14(17)19-27-20(32-28-19)21(22,23)24/h5-7,9,12-13H,3-4,8,10-11H2,1-2H3. The lowest BCUT2D eigenvalue weighted by molar-refractivity contribution is -0.159. The minimum Gasteiger partial charge on any atom is -0.384 e. The fourth-order valence-corrected chi connectivity index (χ4v) is 2.96. The minimum atomic E-state index is -4.79. The number of anilines is 1. The van der Waals surface area contributed by atoms with Gasteiger partial charge in [0.15, 0.2) is 0 Å². The van der Waals surface area contributed by atoms with E-state index in [1.807, 2.05) is 6.92 Å². The van der Waals surface area contributed by atoms with Crippen molar-refractivity contribution in [3.05, 3.63) is 42.5 Å². The van der Waals surface area contributed by atoms with Crippen LogP contribution in [0, 0.1) is 0 Å². The summed E-state index contributed by atoms with van der Waals surface area (Å²) < 4.78 is 48.6. The van der Waals surface area contributed by atoms with Crippen molar-refractivity contribution in [1.82, 2.24) is 20.1 Å². The Labute approximate surface area is 182 Å². The van der Waals surface area contributed by atoms with Crippen LogP contribution >= 0.6 is 0 Å². The molecule has 3 rings (SSSR count). The molecule has 0 radical (unpaired) electrons. The van der Waals surface area contributed by atoms with Crippen molar-refractivity contribution in [3.63, 3.8) is 0 Å². The van der Waals surface area contributed by atoms with Crippen LogP contribution in [0.25, 0.3) is 22.8 Å². The SMILES string of the molecule is CCCCN(C(=O)CCOC)c1cnc(-c2ccccn2)cc1-c1noc(C(F)(F)F)n1. The number of nitrogens with zero attached hydrogens (tertiary/aromatic N) is 5. The highest BCUT2D eigenvalue weighted by atomic mass is 19.4. The highest BCUT2D eigenvalue weighted by Gasteiger charge is 2.39. The number of carbonyl (C=O) groups is 1. The molecule has 0 N–H and O–H groups in total. The molecule has 3 aromatic rings. The second kappa shape index (κ2) is 10.3. The first-order valence-electron chi connectivity index (χ1n) is 9.97. The number of pyridine rings is 2. The number of ether oxygens (including phenoxy) is 1. The Balaban J connectivity index is 2.12. The Bertz CT molecular complexity index is 1040. The fraction of sp³-hybridized carbons (Fsp3) is 0.381. The van der Waals surface area contributed by atoms with Gasteiger partial charge in [-0.2, -0.15) is 18.2 Å². The van der Waals surface area contributed by atoms with E-state index in [9.17, 15) is 18.0 Å². The summed E-state index contributed by atoms with van der Waals surface area (Å²) in [5, 5.41) is 3.52. The number of alkyl halides is 3. The Morgan fingerprint density at radius 2 is 2.03 bits per heavy atom. The number of methoxy groups -OCH3 is 1. The van der Waals surface area contributed by atoms with Crippen LogP contribution in [0.15, 0.2) is 41.2 Å². The molecule has 0 unspecified atom stereocenters. The number of hydrogen-bond donors (Lipinski definition) is 0. The lowest BCUT2D eigenvalue weighted by Gasteiger charge is -2.24. The van der Waals surface area contributed by atoms with Crippen molar-refractivity contribution < 1.29 is 27.2 Å². The van der Waals surface area contributed by atoms with Crippen molar-refractivity contribution in [1.29, 1.82) is 0 Å². The first-order valence-corrected chi connectivity index (χ1v) is 9.97. The first kappa shape index (κ1) is 23.3. The Morgan fingerprint density at radius 1 is 1.22 bits per heavy atom. The van der Waals surface area contributed by atoms with E-state index in [2.05, 4.69) is 24.6 Å². The lowest BCUT2D eigenvalue weighted by Crippen LogP contribution is -2.33. The number of amides is 1. The van der Waals surface area contributed by atoms with E-state index >= 15 is 0 Å². The predicted molar refractivity (Wildman–Crippen MR) is 110 cm³/mol. The van der Waals surface area contributed by atoms with E-state index in [-0.39, 0.29) is 36.0 Å². The van der Waals surface area contributed by atoms with Crippen molar-refractivity contribution in [2.75, 3.05) is 25.2 Å². The number of carbonyl (C=O) groups excluding carboxylic acids is 1. The molecule has 8 nitrogen and oxygen atoms in total. The molecular weight excluding hydrogens is 427 g/mol. The summed E-state index contributed by atoms with van der Waals surface area (Å²) in [6.45, 7) is 2.52. The molecule has 0 atom stereocenters. The van der Waals surface area contributed by atoms with E-state index in [1.54, 1.807) is 24.4 Å². The summed E-state index contributed by atoms with van der Waals surface area (Å²) in [7, 11) is 1.48. The molecule has 3 aromatic heterocycles. The number of aromatic nitrogens is 4. The van der Waals surface area contributed by atoms with Crippen LogP contribution in [-0.2, 0) is 15.7 Å². The summed E-state index contributed by atoms with van der Waals surface area (Å²) in [6, 6.07) is 6.71. The zero-order valence-electron chi connectivity index (χ0n) is 17.6. The molecule has 0 spiro atoms. The summed E-state index contributed by atoms with van der Waals surface area (Å²) in [5.41, 5.74) is 1.36. The minimum absolute atomic E-state index is 0.0989. The summed E-state index contributed by atoms with van der Waals surface area (Å²) in [5.74, 6) is -2.03. The van der Waals surface area contributed by atoms with E-state index in [1.165, 1.54) is 24.3 Å². The monoisotopic (exact) mass is 449 g/mol. The fourth-order valence-electron chi connectivity index (χ4n) is 2.96. The smallest absolute Gasteiger partial charge is 0.384 e. The van der Waals surface area contributed by atoms with E-state index in [4.69, 9.17) is 4.74 Å². The molecule has 0 bridgehead atoms. The largest absolute Gasteiger partial charge is 0.471 e. The zero-order chi connectivity index (χ0) is 23.1. The zero-order valence-corrected chi connectivity index (χ0v) is 17.6. The molecule has 0 saturated heterocycles. The van der Waals surface area contributed by atoms with Crippen molar-refractivity contribution in [3.8, 4) is 22.8 Å². The van der Waals surface area contributed by atoms with Gasteiger partial charge in [-0.05, 0) is 24.6 Å². The van der Waals surface area contributed by atoms with Gasteiger partial charge in [-0.3, -0.25) is 14.8 Å². The van der Waals surface area contributed by atoms with Crippen LogP contribution in [-0.4, -0.2) is 46.3 Å². The Hall–Kier alpha value is -3.34. The average Bonchev–Trinajstić information content (AvgIpc) is 3.29. The molecule has 32 heavy (non-hydrogen) atoms. The van der Waals surface area contributed by atoms with Crippen LogP contribution in [0.1, 0.15) is 32.1 Å².